The maximum Gasteiger partial charge on any atom is 0.317 e. The zero-order valence-electron chi connectivity index (χ0n) is 5.41. The number of hydrogen-bond acceptors (Lipinski definition) is 3. The van der Waals surface area contributed by atoms with Crippen molar-refractivity contribution in [1.82, 2.24) is 0 Å². The molecule has 0 heterocycles. The number of hydrogen-bond donors (Lipinski definition) is 4. The van der Waals surface area contributed by atoms with Gasteiger partial charge in [0.05, 0.1) is 6.54 Å². The Bertz CT molecular complexity index is 103. The number of nitrogens with two attached hydrogens (primary N) is 3. The van der Waals surface area contributed by atoms with E-state index in [1.54, 1.807) is 0 Å². The van der Waals surface area contributed by atoms with E-state index in [-0.39, 0.29) is 26.0 Å². The number of rotatable bonds is 1. The average Bonchev–Trinajstić information content (AvgIpc) is 1.65. The molecule has 7 N–H and O–H groups in total. The molecular formula is C3H9N3O3Zn. The fourth-order valence-corrected chi connectivity index (χ4v) is 0. The fraction of sp³-hybridized carbons (Fsp3) is 0.333. The van der Waals surface area contributed by atoms with Crippen molar-refractivity contribution in [3.05, 3.63) is 0 Å². The molecule has 0 radical (unpaired) electrons. The van der Waals surface area contributed by atoms with Gasteiger partial charge >= 0.3 is 12.0 Å². The third-order valence-electron chi connectivity index (χ3n) is 0.175. The molecule has 10 heavy (non-hydrogen) atoms. The van der Waals surface area contributed by atoms with E-state index in [0.29, 0.717) is 0 Å². The summed E-state index contributed by atoms with van der Waals surface area (Å²) in [6, 6.07) is -0.833. The summed E-state index contributed by atoms with van der Waals surface area (Å²) in [5.41, 5.74) is 13.1. The third-order valence-corrected chi connectivity index (χ3v) is 0.175. The second-order valence-electron chi connectivity index (χ2n) is 1.00. The summed E-state index contributed by atoms with van der Waals surface area (Å²) in [4.78, 5) is 18.2. The first-order valence-corrected chi connectivity index (χ1v) is 1.97. The summed E-state index contributed by atoms with van der Waals surface area (Å²) in [6.45, 7) is -0.278. The Morgan fingerprint density at radius 2 is 1.40 bits per heavy atom. The predicted octanol–water partition coefficient (Wildman–Crippen LogP) is -1.95. The number of carbonyl (C=O) groups is 2. The van der Waals surface area contributed by atoms with Crippen LogP contribution in [0.1, 0.15) is 0 Å². The van der Waals surface area contributed by atoms with Gasteiger partial charge in [0.25, 0.3) is 0 Å². The van der Waals surface area contributed by atoms with E-state index in [1.165, 1.54) is 0 Å². The quantitative estimate of drug-likeness (QED) is 0.366. The summed E-state index contributed by atoms with van der Waals surface area (Å²) in [5, 5.41) is 7.60. The van der Waals surface area contributed by atoms with Gasteiger partial charge in [-0.05, 0) is 0 Å². The second-order valence-corrected chi connectivity index (χ2v) is 1.00. The molecule has 0 aliphatic rings. The monoisotopic (exact) mass is 199 g/mol. The maximum absolute atomic E-state index is 9.24. The number of carboxylic acids is 1. The minimum Gasteiger partial charge on any atom is -0.480 e. The number of carbonyl (C=O) groups excluding carboxylic acids is 1. The normalized spacial score (nSPS) is 6.10. The van der Waals surface area contributed by atoms with Crippen LogP contribution < -0.4 is 17.2 Å². The predicted molar refractivity (Wildman–Crippen MR) is 30.5 cm³/mol. The van der Waals surface area contributed by atoms with Crippen molar-refractivity contribution in [2.75, 3.05) is 6.54 Å². The largest absolute Gasteiger partial charge is 0.480 e. The van der Waals surface area contributed by atoms with E-state index < -0.39 is 12.0 Å². The zero-order valence-corrected chi connectivity index (χ0v) is 8.38. The number of aliphatic carboxylic acids is 1. The molecule has 0 spiro atoms. The summed E-state index contributed by atoms with van der Waals surface area (Å²) in [5.74, 6) is -0.968. The summed E-state index contributed by atoms with van der Waals surface area (Å²) < 4.78 is 0. The van der Waals surface area contributed by atoms with E-state index in [9.17, 15) is 4.79 Å². The van der Waals surface area contributed by atoms with E-state index in [1.807, 2.05) is 0 Å². The van der Waals surface area contributed by atoms with Crippen molar-refractivity contribution < 1.29 is 34.2 Å². The molecule has 0 aromatic carbocycles. The Morgan fingerprint density at radius 3 is 1.40 bits per heavy atom. The van der Waals surface area contributed by atoms with Crippen molar-refractivity contribution in [3.8, 4) is 0 Å². The molecule has 2 amide bonds. The van der Waals surface area contributed by atoms with E-state index in [2.05, 4.69) is 17.2 Å². The smallest absolute Gasteiger partial charge is 0.317 e. The second kappa shape index (κ2) is 11.2. The van der Waals surface area contributed by atoms with Gasteiger partial charge in [-0.25, -0.2) is 4.79 Å². The molecule has 7 heteroatoms. The number of urea groups is 1. The number of primary amides is 2. The summed E-state index contributed by atoms with van der Waals surface area (Å²) >= 11 is 0. The Balaban J connectivity index is -0.0000000910. The molecule has 0 rings (SSSR count). The van der Waals surface area contributed by atoms with Gasteiger partial charge in [-0.3, -0.25) is 4.79 Å². The topological polar surface area (TPSA) is 132 Å². The molecule has 6 nitrogen and oxygen atoms in total. The standard InChI is InChI=1S/C2H5NO2.CH4N2O.Zn/c3-1-2(4)5;2-1(3)4;/h1,3H2,(H,4,5);(H4,2,3,4);. The van der Waals surface area contributed by atoms with E-state index in [4.69, 9.17) is 9.90 Å². The van der Waals surface area contributed by atoms with Gasteiger partial charge in [-0.1, -0.05) is 0 Å². The molecule has 0 unspecified atom stereocenters. The molecule has 0 saturated carbocycles. The Morgan fingerprint density at radius 1 is 1.30 bits per heavy atom. The van der Waals surface area contributed by atoms with Crippen molar-refractivity contribution >= 4 is 12.0 Å². The zero-order chi connectivity index (χ0) is 7.86. The maximum atomic E-state index is 9.24. The van der Waals surface area contributed by atoms with Crippen molar-refractivity contribution in [1.29, 1.82) is 0 Å². The van der Waals surface area contributed by atoms with Gasteiger partial charge in [-0.2, -0.15) is 0 Å². The van der Waals surface area contributed by atoms with Crippen molar-refractivity contribution in [3.63, 3.8) is 0 Å². The van der Waals surface area contributed by atoms with Gasteiger partial charge < -0.3 is 22.3 Å². The van der Waals surface area contributed by atoms with Crippen LogP contribution in [0.5, 0.6) is 0 Å². The minimum atomic E-state index is -0.968. The van der Waals surface area contributed by atoms with Gasteiger partial charge in [0.15, 0.2) is 0 Å². The van der Waals surface area contributed by atoms with Crippen LogP contribution in [0.25, 0.3) is 0 Å². The Hall–Kier alpha value is -0.677. The molecule has 56 valence electrons. The minimum absolute atomic E-state index is 0. The van der Waals surface area contributed by atoms with Crippen molar-refractivity contribution in [2.24, 2.45) is 17.2 Å². The van der Waals surface area contributed by atoms with Crippen LogP contribution in [-0.4, -0.2) is 23.7 Å². The van der Waals surface area contributed by atoms with Crippen LogP contribution in [0, 0.1) is 0 Å². The fourth-order valence-electron chi connectivity index (χ4n) is 0. The molecule has 0 aliphatic heterocycles. The summed E-state index contributed by atoms with van der Waals surface area (Å²) in [7, 11) is 0. The van der Waals surface area contributed by atoms with E-state index in [0.717, 1.165) is 0 Å². The number of amides is 2. The Kier molecular flexibility index (Phi) is 18.0. The third kappa shape index (κ3) is 167. The first-order valence-electron chi connectivity index (χ1n) is 1.97. The average molecular weight is 201 g/mol. The van der Waals surface area contributed by atoms with E-state index >= 15 is 0 Å². The van der Waals surface area contributed by atoms with Crippen LogP contribution >= 0.6 is 0 Å². The van der Waals surface area contributed by atoms with Gasteiger partial charge in [0, 0.05) is 19.5 Å². The molecule has 0 aromatic heterocycles. The molecule has 0 fully saturated rings. The molecule has 0 atom stereocenters. The molecule has 0 bridgehead atoms. The Labute approximate surface area is 70.5 Å². The van der Waals surface area contributed by atoms with Crippen LogP contribution in [0.3, 0.4) is 0 Å². The van der Waals surface area contributed by atoms with Crippen LogP contribution in [0.15, 0.2) is 0 Å². The van der Waals surface area contributed by atoms with Crippen LogP contribution in [0.4, 0.5) is 4.79 Å². The molecule has 0 aliphatic carbocycles. The molecule has 0 aromatic rings. The molecule has 0 saturated heterocycles. The first kappa shape index (κ1) is 16.2. The van der Waals surface area contributed by atoms with Gasteiger partial charge in [0.1, 0.15) is 0 Å². The van der Waals surface area contributed by atoms with Gasteiger partial charge in [0.2, 0.25) is 0 Å². The SMILES string of the molecule is NC(N)=O.NCC(=O)O.[Zn]. The summed E-state index contributed by atoms with van der Waals surface area (Å²) in [6.07, 6.45) is 0. The van der Waals surface area contributed by atoms with Crippen LogP contribution in [-0.2, 0) is 24.3 Å². The van der Waals surface area contributed by atoms with Gasteiger partial charge in [-0.15, -0.1) is 0 Å². The van der Waals surface area contributed by atoms with Crippen molar-refractivity contribution in [2.45, 2.75) is 0 Å². The number of carboxylic acid groups (broad SMARTS) is 1. The first-order chi connectivity index (χ1) is 4.00. The van der Waals surface area contributed by atoms with Crippen LogP contribution in [0.2, 0.25) is 0 Å². The molecular weight excluding hydrogens is 191 g/mol.